The summed E-state index contributed by atoms with van der Waals surface area (Å²) in [5, 5.41) is 14.8. The van der Waals surface area contributed by atoms with Gasteiger partial charge in [-0.2, -0.15) is 10.1 Å². The predicted octanol–water partition coefficient (Wildman–Crippen LogP) is 4.21. The SMILES string of the molecule is COc1cc(Nc2cnnc(NCc3ccc(C)cc3)n2)c(OC)cc1Cl. The number of hydrogen-bond acceptors (Lipinski definition) is 7. The summed E-state index contributed by atoms with van der Waals surface area (Å²) >= 11 is 6.14. The van der Waals surface area contributed by atoms with E-state index in [0.29, 0.717) is 40.5 Å². The van der Waals surface area contributed by atoms with Crippen molar-refractivity contribution in [3.8, 4) is 11.5 Å². The molecule has 140 valence electrons. The third-order valence-electron chi connectivity index (χ3n) is 3.87. The van der Waals surface area contributed by atoms with Crippen molar-refractivity contribution in [3.63, 3.8) is 0 Å². The fraction of sp³-hybridized carbons (Fsp3) is 0.211. The monoisotopic (exact) mass is 385 g/mol. The second-order valence-corrected chi connectivity index (χ2v) is 6.22. The number of nitrogens with zero attached hydrogens (tertiary/aromatic N) is 3. The zero-order valence-electron chi connectivity index (χ0n) is 15.3. The minimum absolute atomic E-state index is 0.417. The second-order valence-electron chi connectivity index (χ2n) is 5.82. The van der Waals surface area contributed by atoms with Crippen LogP contribution in [-0.2, 0) is 6.54 Å². The van der Waals surface area contributed by atoms with Gasteiger partial charge in [0.25, 0.3) is 0 Å². The van der Waals surface area contributed by atoms with E-state index in [1.165, 1.54) is 11.8 Å². The van der Waals surface area contributed by atoms with Gasteiger partial charge in [-0.3, -0.25) is 0 Å². The van der Waals surface area contributed by atoms with Crippen molar-refractivity contribution >= 4 is 29.1 Å². The summed E-state index contributed by atoms with van der Waals surface area (Å²) in [5.41, 5.74) is 3.01. The molecule has 0 aliphatic rings. The lowest BCUT2D eigenvalue weighted by Gasteiger charge is -2.13. The van der Waals surface area contributed by atoms with Crippen LogP contribution in [0.25, 0.3) is 0 Å². The minimum atomic E-state index is 0.417. The van der Waals surface area contributed by atoms with Gasteiger partial charge in [0.2, 0.25) is 5.95 Å². The van der Waals surface area contributed by atoms with Gasteiger partial charge in [-0.25, -0.2) is 0 Å². The van der Waals surface area contributed by atoms with E-state index in [1.807, 2.05) is 0 Å². The molecule has 3 aromatic rings. The first-order valence-corrected chi connectivity index (χ1v) is 8.64. The summed E-state index contributed by atoms with van der Waals surface area (Å²) < 4.78 is 10.6. The fourth-order valence-electron chi connectivity index (χ4n) is 2.42. The molecule has 0 bridgehead atoms. The molecule has 3 rings (SSSR count). The van der Waals surface area contributed by atoms with Gasteiger partial charge in [-0.05, 0) is 12.5 Å². The fourth-order valence-corrected chi connectivity index (χ4v) is 2.65. The summed E-state index contributed by atoms with van der Waals surface area (Å²) in [7, 11) is 3.12. The zero-order valence-corrected chi connectivity index (χ0v) is 16.0. The number of halogens is 1. The molecule has 0 unspecified atom stereocenters. The topological polar surface area (TPSA) is 81.2 Å². The molecule has 0 atom stereocenters. The molecular formula is C19H20ClN5O2. The highest BCUT2D eigenvalue weighted by molar-refractivity contribution is 6.32. The van der Waals surface area contributed by atoms with Crippen LogP contribution in [0.3, 0.4) is 0 Å². The van der Waals surface area contributed by atoms with Crippen molar-refractivity contribution in [3.05, 3.63) is 58.7 Å². The van der Waals surface area contributed by atoms with Crippen molar-refractivity contribution in [2.45, 2.75) is 13.5 Å². The van der Waals surface area contributed by atoms with Crippen molar-refractivity contribution in [1.82, 2.24) is 15.2 Å². The maximum atomic E-state index is 6.14. The Kier molecular flexibility index (Phi) is 5.93. The van der Waals surface area contributed by atoms with Gasteiger partial charge in [-0.1, -0.05) is 41.4 Å². The van der Waals surface area contributed by atoms with E-state index < -0.39 is 0 Å². The van der Waals surface area contributed by atoms with E-state index in [1.54, 1.807) is 26.4 Å². The van der Waals surface area contributed by atoms with Gasteiger partial charge < -0.3 is 20.1 Å². The van der Waals surface area contributed by atoms with Crippen molar-refractivity contribution in [1.29, 1.82) is 0 Å². The molecule has 0 saturated carbocycles. The molecule has 0 fully saturated rings. The van der Waals surface area contributed by atoms with Gasteiger partial charge in [0, 0.05) is 18.7 Å². The average molecular weight is 386 g/mol. The number of hydrogen-bond donors (Lipinski definition) is 2. The van der Waals surface area contributed by atoms with Crippen molar-refractivity contribution in [2.24, 2.45) is 0 Å². The summed E-state index contributed by atoms with van der Waals surface area (Å²) in [6.07, 6.45) is 1.53. The van der Waals surface area contributed by atoms with Crippen LogP contribution in [0.2, 0.25) is 5.02 Å². The molecule has 1 heterocycles. The van der Waals surface area contributed by atoms with Gasteiger partial charge in [0.1, 0.15) is 11.5 Å². The Morgan fingerprint density at radius 1 is 1.04 bits per heavy atom. The van der Waals surface area contributed by atoms with E-state index in [9.17, 15) is 0 Å². The molecule has 0 spiro atoms. The largest absolute Gasteiger partial charge is 0.495 e. The van der Waals surface area contributed by atoms with Gasteiger partial charge in [0.05, 0.1) is 31.1 Å². The Bertz CT molecular complexity index is 918. The molecule has 8 heteroatoms. The average Bonchev–Trinajstić information content (AvgIpc) is 2.69. The molecule has 0 radical (unpaired) electrons. The first-order valence-electron chi connectivity index (χ1n) is 8.26. The second kappa shape index (κ2) is 8.55. The molecule has 7 nitrogen and oxygen atoms in total. The van der Waals surface area contributed by atoms with Crippen LogP contribution in [0.4, 0.5) is 17.5 Å². The number of aromatic nitrogens is 3. The maximum Gasteiger partial charge on any atom is 0.244 e. The van der Waals surface area contributed by atoms with Crippen LogP contribution >= 0.6 is 11.6 Å². The Hall–Kier alpha value is -3.06. The third-order valence-corrected chi connectivity index (χ3v) is 4.16. The number of benzene rings is 2. The lowest BCUT2D eigenvalue weighted by atomic mass is 10.1. The first-order chi connectivity index (χ1) is 13.1. The molecule has 27 heavy (non-hydrogen) atoms. The summed E-state index contributed by atoms with van der Waals surface area (Å²) in [5.74, 6) is 2.02. The molecule has 1 aromatic heterocycles. The van der Waals surface area contributed by atoms with E-state index in [4.69, 9.17) is 21.1 Å². The standard InChI is InChI=1S/C19H20ClN5O2/c1-12-4-6-13(7-5-12)10-21-19-24-18(11-22-25-19)23-15-9-16(26-2)14(20)8-17(15)27-3/h4-9,11H,10H2,1-3H3,(H2,21,23,24,25). The van der Waals surface area contributed by atoms with Crippen LogP contribution in [0, 0.1) is 6.92 Å². The molecule has 0 aliphatic heterocycles. The molecule has 0 aliphatic carbocycles. The molecule has 2 aromatic carbocycles. The molecule has 2 N–H and O–H groups in total. The van der Waals surface area contributed by atoms with Crippen LogP contribution < -0.4 is 20.1 Å². The quantitative estimate of drug-likeness (QED) is 0.630. The van der Waals surface area contributed by atoms with Crippen LogP contribution in [0.1, 0.15) is 11.1 Å². The Morgan fingerprint density at radius 2 is 1.78 bits per heavy atom. The Balaban J connectivity index is 1.75. The predicted molar refractivity (Wildman–Crippen MR) is 106 cm³/mol. The molecule has 0 saturated heterocycles. The first kappa shape index (κ1) is 18.7. The van der Waals surface area contributed by atoms with E-state index in [0.717, 1.165) is 5.56 Å². The van der Waals surface area contributed by atoms with E-state index >= 15 is 0 Å². The Labute approximate surface area is 162 Å². The highest BCUT2D eigenvalue weighted by Crippen LogP contribution is 2.37. The molecular weight excluding hydrogens is 366 g/mol. The number of rotatable bonds is 7. The number of nitrogens with one attached hydrogen (secondary N) is 2. The maximum absolute atomic E-state index is 6.14. The van der Waals surface area contributed by atoms with E-state index in [2.05, 4.69) is 57.0 Å². The van der Waals surface area contributed by atoms with Gasteiger partial charge >= 0.3 is 0 Å². The smallest absolute Gasteiger partial charge is 0.244 e. The van der Waals surface area contributed by atoms with Crippen LogP contribution in [-0.4, -0.2) is 29.4 Å². The van der Waals surface area contributed by atoms with Crippen molar-refractivity contribution < 1.29 is 9.47 Å². The minimum Gasteiger partial charge on any atom is -0.495 e. The zero-order chi connectivity index (χ0) is 19.2. The van der Waals surface area contributed by atoms with Crippen LogP contribution in [0.15, 0.2) is 42.6 Å². The van der Waals surface area contributed by atoms with Crippen molar-refractivity contribution in [2.75, 3.05) is 24.9 Å². The Morgan fingerprint density at radius 3 is 2.48 bits per heavy atom. The normalized spacial score (nSPS) is 10.4. The third kappa shape index (κ3) is 4.77. The number of methoxy groups -OCH3 is 2. The summed E-state index contributed by atoms with van der Waals surface area (Å²) in [4.78, 5) is 4.43. The number of anilines is 3. The summed E-state index contributed by atoms with van der Waals surface area (Å²) in [6.45, 7) is 2.66. The highest BCUT2D eigenvalue weighted by Gasteiger charge is 2.11. The van der Waals surface area contributed by atoms with E-state index in [-0.39, 0.29) is 0 Å². The van der Waals surface area contributed by atoms with Crippen LogP contribution in [0.5, 0.6) is 11.5 Å². The van der Waals surface area contributed by atoms with Gasteiger partial charge in [-0.15, -0.1) is 5.10 Å². The summed E-state index contributed by atoms with van der Waals surface area (Å²) in [6, 6.07) is 11.7. The number of aryl methyl sites for hydroxylation is 1. The van der Waals surface area contributed by atoms with Gasteiger partial charge in [0.15, 0.2) is 5.82 Å². The lowest BCUT2D eigenvalue weighted by molar-refractivity contribution is 0.405. The highest BCUT2D eigenvalue weighted by atomic mass is 35.5. The lowest BCUT2D eigenvalue weighted by Crippen LogP contribution is -2.06. The molecule has 0 amide bonds. The number of ether oxygens (including phenoxy) is 2.